The van der Waals surface area contributed by atoms with E-state index in [9.17, 15) is 9.59 Å². The first-order chi connectivity index (χ1) is 8.65. The number of nitrogens with two attached hydrogens (primary N) is 1. The number of likely N-dealkylation sites (tertiary alicyclic amines) is 1. The highest BCUT2D eigenvalue weighted by molar-refractivity contribution is 6.01. The predicted molar refractivity (Wildman–Crippen MR) is 69.2 cm³/mol. The van der Waals surface area contributed by atoms with Gasteiger partial charge in [0.1, 0.15) is 6.04 Å². The first-order valence-electron chi connectivity index (χ1n) is 6.02. The normalized spacial score (nSPS) is 18.7. The van der Waals surface area contributed by atoms with Gasteiger partial charge < -0.3 is 16.0 Å². The average Bonchev–Trinajstić information content (AvgIpc) is 2.87. The molecular formula is C13H17N3O2. The molecule has 1 saturated heterocycles. The molecule has 0 bridgehead atoms. The number of amides is 2. The van der Waals surface area contributed by atoms with Crippen LogP contribution in [0.3, 0.4) is 0 Å². The third-order valence-electron chi connectivity index (χ3n) is 3.27. The summed E-state index contributed by atoms with van der Waals surface area (Å²) in [7, 11) is 1.77. The maximum atomic E-state index is 12.4. The second kappa shape index (κ2) is 5.08. The number of primary amides is 1. The summed E-state index contributed by atoms with van der Waals surface area (Å²) >= 11 is 0. The maximum Gasteiger partial charge on any atom is 0.256 e. The fourth-order valence-corrected chi connectivity index (χ4v) is 2.35. The van der Waals surface area contributed by atoms with E-state index >= 15 is 0 Å². The molecule has 2 amide bonds. The number of para-hydroxylation sites is 1. The van der Waals surface area contributed by atoms with Gasteiger partial charge in [-0.25, -0.2) is 0 Å². The minimum absolute atomic E-state index is 0.138. The van der Waals surface area contributed by atoms with E-state index in [2.05, 4.69) is 5.32 Å². The van der Waals surface area contributed by atoms with Crippen molar-refractivity contribution in [3.8, 4) is 0 Å². The van der Waals surface area contributed by atoms with Crippen molar-refractivity contribution in [3.05, 3.63) is 29.8 Å². The fourth-order valence-electron chi connectivity index (χ4n) is 2.35. The minimum atomic E-state index is -0.470. The van der Waals surface area contributed by atoms with Gasteiger partial charge in [-0.15, -0.1) is 0 Å². The Morgan fingerprint density at radius 3 is 2.78 bits per heavy atom. The molecule has 5 heteroatoms. The van der Waals surface area contributed by atoms with Gasteiger partial charge in [-0.05, 0) is 25.0 Å². The zero-order valence-corrected chi connectivity index (χ0v) is 10.3. The van der Waals surface area contributed by atoms with Crippen LogP contribution in [-0.4, -0.2) is 36.3 Å². The summed E-state index contributed by atoms with van der Waals surface area (Å²) in [6, 6.07) is 6.79. The third kappa shape index (κ3) is 2.16. The Morgan fingerprint density at radius 1 is 1.39 bits per heavy atom. The number of carbonyl (C=O) groups is 2. The van der Waals surface area contributed by atoms with Crippen LogP contribution < -0.4 is 11.1 Å². The fraction of sp³-hybridized carbons (Fsp3) is 0.385. The van der Waals surface area contributed by atoms with Gasteiger partial charge in [0, 0.05) is 19.3 Å². The lowest BCUT2D eigenvalue weighted by Gasteiger charge is -2.23. The van der Waals surface area contributed by atoms with Crippen LogP contribution in [0.1, 0.15) is 23.2 Å². The Balaban J connectivity index is 2.28. The topological polar surface area (TPSA) is 75.4 Å². The molecule has 1 unspecified atom stereocenters. The Bertz CT molecular complexity index is 473. The van der Waals surface area contributed by atoms with Gasteiger partial charge in [0.05, 0.1) is 5.56 Å². The lowest BCUT2D eigenvalue weighted by atomic mass is 10.1. The van der Waals surface area contributed by atoms with Crippen molar-refractivity contribution in [1.29, 1.82) is 0 Å². The van der Waals surface area contributed by atoms with Crippen molar-refractivity contribution in [2.24, 2.45) is 5.73 Å². The molecule has 0 spiro atoms. The van der Waals surface area contributed by atoms with Gasteiger partial charge in [0.25, 0.3) is 5.91 Å². The van der Waals surface area contributed by atoms with Gasteiger partial charge in [-0.3, -0.25) is 9.59 Å². The SMILES string of the molecule is CNc1ccccc1C(=O)N1CCCC1C(N)=O. The molecular weight excluding hydrogens is 230 g/mol. The molecule has 18 heavy (non-hydrogen) atoms. The van der Waals surface area contributed by atoms with E-state index < -0.39 is 11.9 Å². The second-order valence-corrected chi connectivity index (χ2v) is 4.35. The van der Waals surface area contributed by atoms with Crippen LogP contribution in [0.15, 0.2) is 24.3 Å². The van der Waals surface area contributed by atoms with E-state index in [1.165, 1.54) is 0 Å². The van der Waals surface area contributed by atoms with Crippen molar-refractivity contribution < 1.29 is 9.59 Å². The molecule has 0 aliphatic carbocycles. The number of nitrogens with one attached hydrogen (secondary N) is 1. The van der Waals surface area contributed by atoms with Crippen LogP contribution in [0.2, 0.25) is 0 Å². The predicted octanol–water partition coefficient (Wildman–Crippen LogP) is 0.818. The summed E-state index contributed by atoms with van der Waals surface area (Å²) < 4.78 is 0. The lowest BCUT2D eigenvalue weighted by molar-refractivity contribution is -0.121. The monoisotopic (exact) mass is 247 g/mol. The summed E-state index contributed by atoms with van der Waals surface area (Å²) in [5.74, 6) is -0.566. The number of hydrogen-bond acceptors (Lipinski definition) is 3. The summed E-state index contributed by atoms with van der Waals surface area (Å²) in [5, 5.41) is 2.98. The molecule has 96 valence electrons. The molecule has 2 rings (SSSR count). The number of anilines is 1. The van der Waals surface area contributed by atoms with E-state index in [1.54, 1.807) is 18.0 Å². The summed E-state index contributed by atoms with van der Waals surface area (Å²) in [5.41, 5.74) is 6.66. The molecule has 1 aliphatic rings. The lowest BCUT2D eigenvalue weighted by Crippen LogP contribution is -2.43. The van der Waals surface area contributed by atoms with Crippen LogP contribution in [0.4, 0.5) is 5.69 Å². The number of benzene rings is 1. The smallest absolute Gasteiger partial charge is 0.256 e. The van der Waals surface area contributed by atoms with Crippen LogP contribution >= 0.6 is 0 Å². The van der Waals surface area contributed by atoms with Crippen LogP contribution in [-0.2, 0) is 4.79 Å². The second-order valence-electron chi connectivity index (χ2n) is 4.35. The van der Waals surface area contributed by atoms with E-state index in [1.807, 2.05) is 18.2 Å². The molecule has 1 aromatic rings. The molecule has 0 saturated carbocycles. The number of nitrogens with zero attached hydrogens (tertiary/aromatic N) is 1. The van der Waals surface area contributed by atoms with Crippen molar-refractivity contribution in [2.45, 2.75) is 18.9 Å². The Hall–Kier alpha value is -2.04. The molecule has 1 atom stereocenters. The summed E-state index contributed by atoms with van der Waals surface area (Å²) in [6.07, 6.45) is 1.48. The van der Waals surface area contributed by atoms with Gasteiger partial charge in [-0.2, -0.15) is 0 Å². The van der Waals surface area contributed by atoms with Crippen LogP contribution in [0.25, 0.3) is 0 Å². The highest BCUT2D eigenvalue weighted by atomic mass is 16.2. The number of hydrogen-bond donors (Lipinski definition) is 2. The Kier molecular flexibility index (Phi) is 3.50. The highest BCUT2D eigenvalue weighted by Gasteiger charge is 2.33. The van der Waals surface area contributed by atoms with E-state index in [4.69, 9.17) is 5.73 Å². The molecule has 5 nitrogen and oxygen atoms in total. The quantitative estimate of drug-likeness (QED) is 0.830. The van der Waals surface area contributed by atoms with Crippen LogP contribution in [0.5, 0.6) is 0 Å². The maximum absolute atomic E-state index is 12.4. The van der Waals surface area contributed by atoms with E-state index in [0.29, 0.717) is 18.5 Å². The highest BCUT2D eigenvalue weighted by Crippen LogP contribution is 2.23. The first kappa shape index (κ1) is 12.4. The molecule has 3 N–H and O–H groups in total. The van der Waals surface area contributed by atoms with Crippen molar-refractivity contribution in [2.75, 3.05) is 18.9 Å². The molecule has 0 aromatic heterocycles. The minimum Gasteiger partial charge on any atom is -0.387 e. The number of carbonyl (C=O) groups excluding carboxylic acids is 2. The molecule has 1 heterocycles. The molecule has 1 fully saturated rings. The van der Waals surface area contributed by atoms with Crippen molar-refractivity contribution in [3.63, 3.8) is 0 Å². The summed E-state index contributed by atoms with van der Waals surface area (Å²) in [4.78, 5) is 25.3. The van der Waals surface area contributed by atoms with Crippen LogP contribution in [0, 0.1) is 0 Å². The van der Waals surface area contributed by atoms with Crippen molar-refractivity contribution in [1.82, 2.24) is 4.90 Å². The summed E-state index contributed by atoms with van der Waals surface area (Å²) in [6.45, 7) is 0.588. The van der Waals surface area contributed by atoms with E-state index in [-0.39, 0.29) is 5.91 Å². The van der Waals surface area contributed by atoms with E-state index in [0.717, 1.165) is 12.1 Å². The molecule has 1 aromatic carbocycles. The largest absolute Gasteiger partial charge is 0.387 e. The zero-order valence-electron chi connectivity index (χ0n) is 10.3. The average molecular weight is 247 g/mol. The van der Waals surface area contributed by atoms with Gasteiger partial charge in [0.15, 0.2) is 0 Å². The standard InChI is InChI=1S/C13H17N3O2/c1-15-10-6-3-2-5-9(10)13(18)16-8-4-7-11(16)12(14)17/h2-3,5-6,11,15H,4,7-8H2,1H3,(H2,14,17). The van der Waals surface area contributed by atoms with Gasteiger partial charge in [-0.1, -0.05) is 12.1 Å². The van der Waals surface area contributed by atoms with Gasteiger partial charge >= 0.3 is 0 Å². The third-order valence-corrected chi connectivity index (χ3v) is 3.27. The number of rotatable bonds is 3. The zero-order chi connectivity index (χ0) is 13.1. The Labute approximate surface area is 106 Å². The Morgan fingerprint density at radius 2 is 2.11 bits per heavy atom. The van der Waals surface area contributed by atoms with Crippen molar-refractivity contribution >= 4 is 17.5 Å². The molecule has 0 radical (unpaired) electrons. The molecule has 1 aliphatic heterocycles. The van der Waals surface area contributed by atoms with Gasteiger partial charge in [0.2, 0.25) is 5.91 Å². The first-order valence-corrected chi connectivity index (χ1v) is 6.02.